The first-order chi connectivity index (χ1) is 11.1. The molecule has 1 aliphatic heterocycles. The van der Waals surface area contributed by atoms with Gasteiger partial charge in [0, 0.05) is 12.1 Å². The van der Waals surface area contributed by atoms with Gasteiger partial charge in [0.05, 0.1) is 37.9 Å². The number of rotatable bonds is 4. The summed E-state index contributed by atoms with van der Waals surface area (Å²) in [6, 6.07) is 3.11. The van der Waals surface area contributed by atoms with Gasteiger partial charge < -0.3 is 19.2 Å². The molecule has 23 heavy (non-hydrogen) atoms. The highest BCUT2D eigenvalue weighted by atomic mass is 16.3. The van der Waals surface area contributed by atoms with Crippen LogP contribution >= 0.6 is 0 Å². The van der Waals surface area contributed by atoms with Crippen LogP contribution in [0.25, 0.3) is 0 Å². The fourth-order valence-electron chi connectivity index (χ4n) is 2.74. The van der Waals surface area contributed by atoms with Crippen LogP contribution in [0.2, 0.25) is 0 Å². The number of hydrogen-bond acceptors (Lipinski definition) is 4. The summed E-state index contributed by atoms with van der Waals surface area (Å²) >= 11 is 0. The maximum Gasteiger partial charge on any atom is 0.245 e. The Hall–Kier alpha value is -2.57. The highest BCUT2D eigenvalue weighted by molar-refractivity contribution is 5.83. The molecule has 0 saturated carbocycles. The Morgan fingerprint density at radius 2 is 2.30 bits per heavy atom. The summed E-state index contributed by atoms with van der Waals surface area (Å²) in [6.45, 7) is 4.88. The van der Waals surface area contributed by atoms with Gasteiger partial charge in [-0.2, -0.15) is 0 Å². The molecule has 1 N–H and O–H groups in total. The van der Waals surface area contributed by atoms with Crippen LogP contribution in [0.5, 0.6) is 0 Å². The van der Waals surface area contributed by atoms with Crippen molar-refractivity contribution in [3.05, 3.63) is 42.4 Å². The number of carbonyl (C=O) groups is 2. The van der Waals surface area contributed by atoms with E-state index in [1.807, 2.05) is 18.4 Å². The number of amides is 2. The van der Waals surface area contributed by atoms with Crippen molar-refractivity contribution in [3.63, 3.8) is 0 Å². The maximum absolute atomic E-state index is 12.6. The molecule has 1 atom stereocenters. The minimum atomic E-state index is -0.473. The first-order valence-corrected chi connectivity index (χ1v) is 7.66. The third kappa shape index (κ3) is 3.13. The van der Waals surface area contributed by atoms with E-state index in [0.717, 1.165) is 5.69 Å². The van der Waals surface area contributed by atoms with Crippen molar-refractivity contribution in [1.82, 2.24) is 19.8 Å². The van der Waals surface area contributed by atoms with Crippen LogP contribution in [0.15, 0.2) is 35.3 Å². The number of imidazole rings is 1. The Morgan fingerprint density at radius 1 is 1.48 bits per heavy atom. The number of furan rings is 1. The molecule has 2 aromatic rings. The fourth-order valence-corrected chi connectivity index (χ4v) is 2.74. The predicted molar refractivity (Wildman–Crippen MR) is 82.1 cm³/mol. The fraction of sp³-hybridized carbons (Fsp3) is 0.438. The minimum Gasteiger partial charge on any atom is -0.467 e. The molecule has 1 aliphatic rings. The average molecular weight is 316 g/mol. The van der Waals surface area contributed by atoms with Gasteiger partial charge in [0.25, 0.3) is 0 Å². The van der Waals surface area contributed by atoms with Crippen molar-refractivity contribution in [2.24, 2.45) is 5.92 Å². The molecule has 2 amide bonds. The highest BCUT2D eigenvalue weighted by Gasteiger charge is 2.33. The summed E-state index contributed by atoms with van der Waals surface area (Å²) in [5.74, 6) is 0.481. The molecular weight excluding hydrogens is 296 g/mol. The number of carbonyl (C=O) groups excluding carboxylic acids is 2. The molecule has 0 saturated heterocycles. The number of nitrogens with zero attached hydrogens (tertiary/aromatic N) is 3. The molecule has 7 nitrogen and oxygen atoms in total. The molecule has 0 aliphatic carbocycles. The van der Waals surface area contributed by atoms with E-state index < -0.39 is 6.04 Å². The van der Waals surface area contributed by atoms with E-state index in [4.69, 9.17) is 4.42 Å². The van der Waals surface area contributed by atoms with Gasteiger partial charge in [-0.25, -0.2) is 4.98 Å². The van der Waals surface area contributed by atoms with E-state index in [9.17, 15) is 9.59 Å². The molecule has 3 heterocycles. The summed E-state index contributed by atoms with van der Waals surface area (Å²) in [6.07, 6.45) is 4.91. The van der Waals surface area contributed by atoms with Gasteiger partial charge in [-0.05, 0) is 12.1 Å². The predicted octanol–water partition coefficient (Wildman–Crippen LogP) is 1.33. The van der Waals surface area contributed by atoms with Gasteiger partial charge in [-0.15, -0.1) is 0 Å². The average Bonchev–Trinajstić information content (AvgIpc) is 3.21. The molecule has 0 fully saturated rings. The normalized spacial score (nSPS) is 17.2. The third-order valence-corrected chi connectivity index (χ3v) is 3.95. The van der Waals surface area contributed by atoms with Crippen LogP contribution in [-0.4, -0.2) is 32.8 Å². The quantitative estimate of drug-likeness (QED) is 0.923. The standard InChI is InChI=1S/C16H20N4O3/c1-11(2)16(22)19-8-12-6-17-10-20(12)14(9-19)15(21)18-7-13-4-3-5-23-13/h3-6,10-11,14H,7-9H2,1-2H3,(H,18,21)/t14-/m1/s1. The van der Waals surface area contributed by atoms with E-state index in [0.29, 0.717) is 25.4 Å². The van der Waals surface area contributed by atoms with Gasteiger partial charge in [-0.3, -0.25) is 9.59 Å². The van der Waals surface area contributed by atoms with E-state index in [2.05, 4.69) is 10.3 Å². The molecule has 0 spiro atoms. The summed E-state index contributed by atoms with van der Waals surface area (Å²) in [5.41, 5.74) is 0.864. The number of fused-ring (bicyclic) bond motifs is 1. The summed E-state index contributed by atoms with van der Waals surface area (Å²) < 4.78 is 7.05. The van der Waals surface area contributed by atoms with Crippen LogP contribution in [0.4, 0.5) is 0 Å². The topological polar surface area (TPSA) is 80.4 Å². The maximum atomic E-state index is 12.6. The zero-order chi connectivity index (χ0) is 16.4. The molecule has 0 unspecified atom stereocenters. The first-order valence-electron chi connectivity index (χ1n) is 7.66. The molecule has 122 valence electrons. The Bertz CT molecular complexity index is 690. The van der Waals surface area contributed by atoms with Crippen LogP contribution in [0.1, 0.15) is 31.3 Å². The van der Waals surface area contributed by atoms with Crippen LogP contribution in [0.3, 0.4) is 0 Å². The van der Waals surface area contributed by atoms with E-state index in [-0.39, 0.29) is 17.7 Å². The molecule has 0 aromatic carbocycles. The van der Waals surface area contributed by atoms with Gasteiger partial charge in [0.1, 0.15) is 11.8 Å². The molecular formula is C16H20N4O3. The lowest BCUT2D eigenvalue weighted by Crippen LogP contribution is -2.47. The summed E-state index contributed by atoms with van der Waals surface area (Å²) in [7, 11) is 0. The minimum absolute atomic E-state index is 0.0429. The Balaban J connectivity index is 1.74. The Morgan fingerprint density at radius 3 is 3.00 bits per heavy atom. The van der Waals surface area contributed by atoms with Crippen molar-refractivity contribution in [2.75, 3.05) is 6.54 Å². The number of aromatic nitrogens is 2. The van der Waals surface area contributed by atoms with Crippen molar-refractivity contribution < 1.29 is 14.0 Å². The van der Waals surface area contributed by atoms with Gasteiger partial charge >= 0.3 is 0 Å². The van der Waals surface area contributed by atoms with Gasteiger partial charge in [0.15, 0.2) is 0 Å². The van der Waals surface area contributed by atoms with Crippen LogP contribution in [-0.2, 0) is 22.7 Å². The summed E-state index contributed by atoms with van der Waals surface area (Å²) in [4.78, 5) is 30.7. The van der Waals surface area contributed by atoms with Crippen molar-refractivity contribution in [3.8, 4) is 0 Å². The molecule has 0 bridgehead atoms. The van der Waals surface area contributed by atoms with E-state index in [1.54, 1.807) is 35.8 Å². The second kappa shape index (κ2) is 6.28. The lowest BCUT2D eigenvalue weighted by atomic mass is 10.1. The number of hydrogen-bond donors (Lipinski definition) is 1. The number of nitrogens with one attached hydrogen (secondary N) is 1. The van der Waals surface area contributed by atoms with E-state index >= 15 is 0 Å². The van der Waals surface area contributed by atoms with E-state index in [1.165, 1.54) is 0 Å². The third-order valence-electron chi connectivity index (χ3n) is 3.95. The smallest absolute Gasteiger partial charge is 0.245 e. The molecule has 3 rings (SSSR count). The largest absolute Gasteiger partial charge is 0.467 e. The zero-order valence-electron chi connectivity index (χ0n) is 13.2. The summed E-state index contributed by atoms with van der Waals surface area (Å²) in [5, 5.41) is 2.85. The molecule has 2 aromatic heterocycles. The second-order valence-electron chi connectivity index (χ2n) is 5.98. The first kappa shape index (κ1) is 15.3. The van der Waals surface area contributed by atoms with Crippen LogP contribution in [0, 0.1) is 5.92 Å². The van der Waals surface area contributed by atoms with Gasteiger partial charge in [-0.1, -0.05) is 13.8 Å². The molecule has 0 radical (unpaired) electrons. The van der Waals surface area contributed by atoms with Crippen molar-refractivity contribution >= 4 is 11.8 Å². The van der Waals surface area contributed by atoms with Gasteiger partial charge in [0.2, 0.25) is 11.8 Å². The van der Waals surface area contributed by atoms with Crippen molar-refractivity contribution in [1.29, 1.82) is 0 Å². The zero-order valence-corrected chi connectivity index (χ0v) is 13.2. The highest BCUT2D eigenvalue weighted by Crippen LogP contribution is 2.22. The lowest BCUT2D eigenvalue weighted by Gasteiger charge is -2.34. The Kier molecular flexibility index (Phi) is 4.18. The van der Waals surface area contributed by atoms with Crippen molar-refractivity contribution in [2.45, 2.75) is 33.0 Å². The SMILES string of the molecule is CC(C)C(=O)N1Cc2cncn2[C@@H](C(=O)NCc2ccco2)C1. The monoisotopic (exact) mass is 316 g/mol. The van der Waals surface area contributed by atoms with Crippen LogP contribution < -0.4 is 5.32 Å². The lowest BCUT2D eigenvalue weighted by molar-refractivity contribution is -0.138. The second-order valence-corrected chi connectivity index (χ2v) is 5.98. The molecule has 7 heteroatoms. The Labute approximate surface area is 134 Å².